The Labute approximate surface area is 121 Å². The summed E-state index contributed by atoms with van der Waals surface area (Å²) in [5, 5.41) is 12.0. The van der Waals surface area contributed by atoms with E-state index in [1.54, 1.807) is 0 Å². The number of carbonyl (C=O) groups is 2. The van der Waals surface area contributed by atoms with Gasteiger partial charge in [-0.15, -0.1) is 0 Å². The number of rotatable bonds is 5. The Morgan fingerprint density at radius 3 is 2.15 bits per heavy atom. The molecule has 0 aliphatic heterocycles. The molecule has 4 nitrogen and oxygen atoms in total. The Balaban J connectivity index is 1.67. The topological polar surface area (TPSA) is 66.4 Å². The molecule has 2 aliphatic carbocycles. The highest BCUT2D eigenvalue weighted by molar-refractivity contribution is 5.80. The average molecular weight is 281 g/mol. The fourth-order valence-corrected chi connectivity index (χ4v) is 3.68. The highest BCUT2D eigenvalue weighted by atomic mass is 16.4. The second-order valence-electron chi connectivity index (χ2n) is 6.59. The number of nitrogens with one attached hydrogen (secondary N) is 1. The number of hydrogen-bond acceptors (Lipinski definition) is 2. The van der Waals surface area contributed by atoms with Gasteiger partial charge in [0.05, 0.1) is 5.92 Å². The van der Waals surface area contributed by atoms with Crippen molar-refractivity contribution in [2.75, 3.05) is 6.54 Å². The van der Waals surface area contributed by atoms with Gasteiger partial charge in [-0.3, -0.25) is 9.59 Å². The summed E-state index contributed by atoms with van der Waals surface area (Å²) in [6, 6.07) is 0. The van der Waals surface area contributed by atoms with Gasteiger partial charge in [-0.2, -0.15) is 0 Å². The lowest BCUT2D eigenvalue weighted by molar-refractivity contribution is -0.141. The molecule has 2 aliphatic rings. The number of carboxylic acid groups (broad SMARTS) is 1. The molecule has 2 N–H and O–H groups in total. The van der Waals surface area contributed by atoms with E-state index in [0.29, 0.717) is 18.8 Å². The molecule has 0 bridgehead atoms. The molecule has 1 amide bonds. The van der Waals surface area contributed by atoms with Gasteiger partial charge >= 0.3 is 5.97 Å². The Morgan fingerprint density at radius 2 is 1.60 bits per heavy atom. The van der Waals surface area contributed by atoms with Crippen molar-refractivity contribution in [3.63, 3.8) is 0 Å². The minimum absolute atomic E-state index is 0.0753. The standard InChI is InChI=1S/C16H27NO3/c1-2-11-3-5-12(6-4-11)10-17-15(18)13-7-8-14(9-13)16(19)20/h11-14H,2-10H2,1H3,(H,17,18)(H,19,20)/t11?,12?,13-,14+/m1/s1. The molecule has 4 heteroatoms. The van der Waals surface area contributed by atoms with Gasteiger partial charge in [0.25, 0.3) is 0 Å². The molecular formula is C16H27NO3. The molecule has 0 radical (unpaired) electrons. The predicted molar refractivity (Wildman–Crippen MR) is 77.2 cm³/mol. The van der Waals surface area contributed by atoms with Crippen LogP contribution in [0.3, 0.4) is 0 Å². The highest BCUT2D eigenvalue weighted by Gasteiger charge is 2.34. The van der Waals surface area contributed by atoms with Crippen LogP contribution in [-0.4, -0.2) is 23.5 Å². The van der Waals surface area contributed by atoms with E-state index < -0.39 is 5.97 Å². The maximum Gasteiger partial charge on any atom is 0.306 e. The SMILES string of the molecule is CCC1CCC(CNC(=O)[C@@H]2CC[C@H](C(=O)O)C2)CC1. The van der Waals surface area contributed by atoms with Crippen LogP contribution < -0.4 is 5.32 Å². The van der Waals surface area contributed by atoms with E-state index in [2.05, 4.69) is 12.2 Å². The number of carboxylic acids is 1. The van der Waals surface area contributed by atoms with Gasteiger partial charge in [-0.25, -0.2) is 0 Å². The van der Waals surface area contributed by atoms with E-state index in [4.69, 9.17) is 5.11 Å². The van der Waals surface area contributed by atoms with Crippen LogP contribution in [0.15, 0.2) is 0 Å². The summed E-state index contributed by atoms with van der Waals surface area (Å²) in [7, 11) is 0. The third kappa shape index (κ3) is 3.97. The van der Waals surface area contributed by atoms with Gasteiger partial charge in [-0.05, 0) is 43.9 Å². The molecule has 114 valence electrons. The Hall–Kier alpha value is -1.06. The highest BCUT2D eigenvalue weighted by Crippen LogP contribution is 2.32. The van der Waals surface area contributed by atoms with Crippen LogP contribution in [0, 0.1) is 23.7 Å². The van der Waals surface area contributed by atoms with E-state index in [0.717, 1.165) is 18.9 Å². The molecule has 2 atom stereocenters. The summed E-state index contributed by atoms with van der Waals surface area (Å²) in [6.07, 6.45) is 8.20. The van der Waals surface area contributed by atoms with E-state index in [-0.39, 0.29) is 17.7 Å². The van der Waals surface area contributed by atoms with Crippen molar-refractivity contribution in [2.45, 2.75) is 58.3 Å². The molecule has 0 aromatic rings. The Morgan fingerprint density at radius 1 is 1.00 bits per heavy atom. The van der Waals surface area contributed by atoms with Gasteiger partial charge in [0.2, 0.25) is 5.91 Å². The lowest BCUT2D eigenvalue weighted by atomic mass is 9.81. The fraction of sp³-hybridized carbons (Fsp3) is 0.875. The van der Waals surface area contributed by atoms with E-state index >= 15 is 0 Å². The predicted octanol–water partition coefficient (Wildman–Crippen LogP) is 2.82. The number of amides is 1. The van der Waals surface area contributed by atoms with Crippen LogP contribution in [0.2, 0.25) is 0 Å². The molecule has 0 heterocycles. The molecular weight excluding hydrogens is 254 g/mol. The minimum Gasteiger partial charge on any atom is -0.481 e. The smallest absolute Gasteiger partial charge is 0.306 e. The first-order valence-corrected chi connectivity index (χ1v) is 8.10. The lowest BCUT2D eigenvalue weighted by Crippen LogP contribution is -2.35. The largest absolute Gasteiger partial charge is 0.481 e. The number of hydrogen-bond donors (Lipinski definition) is 2. The summed E-state index contributed by atoms with van der Waals surface area (Å²) < 4.78 is 0. The summed E-state index contributed by atoms with van der Waals surface area (Å²) in [4.78, 5) is 23.0. The number of carbonyl (C=O) groups excluding carboxylic acids is 1. The molecule has 0 unspecified atom stereocenters. The van der Waals surface area contributed by atoms with Gasteiger partial charge in [-0.1, -0.05) is 26.2 Å². The van der Waals surface area contributed by atoms with Crippen molar-refractivity contribution < 1.29 is 14.7 Å². The normalized spacial score (nSPS) is 33.9. The monoisotopic (exact) mass is 281 g/mol. The molecule has 0 saturated heterocycles. The van der Waals surface area contributed by atoms with E-state index in [9.17, 15) is 9.59 Å². The molecule has 0 aromatic carbocycles. The average Bonchev–Trinajstić information content (AvgIpc) is 2.95. The lowest BCUT2D eigenvalue weighted by Gasteiger charge is -2.28. The second kappa shape index (κ2) is 7.09. The quantitative estimate of drug-likeness (QED) is 0.814. The Kier molecular flexibility index (Phi) is 5.44. The van der Waals surface area contributed by atoms with Crippen molar-refractivity contribution in [2.24, 2.45) is 23.7 Å². The third-order valence-electron chi connectivity index (χ3n) is 5.26. The summed E-state index contributed by atoms with van der Waals surface area (Å²) >= 11 is 0. The summed E-state index contributed by atoms with van der Waals surface area (Å²) in [6.45, 7) is 3.04. The van der Waals surface area contributed by atoms with Crippen LogP contribution in [0.4, 0.5) is 0 Å². The van der Waals surface area contributed by atoms with E-state index in [1.165, 1.54) is 32.1 Å². The minimum atomic E-state index is -0.752. The summed E-state index contributed by atoms with van der Waals surface area (Å²) in [5.74, 6) is 0.435. The fourth-order valence-electron chi connectivity index (χ4n) is 3.68. The zero-order valence-corrected chi connectivity index (χ0v) is 12.4. The molecule has 2 saturated carbocycles. The van der Waals surface area contributed by atoms with Crippen LogP contribution >= 0.6 is 0 Å². The molecule has 2 rings (SSSR count). The zero-order valence-electron chi connectivity index (χ0n) is 12.4. The van der Waals surface area contributed by atoms with Gasteiger partial charge in [0, 0.05) is 12.5 Å². The van der Waals surface area contributed by atoms with Crippen molar-refractivity contribution >= 4 is 11.9 Å². The van der Waals surface area contributed by atoms with Crippen LogP contribution in [0.1, 0.15) is 58.3 Å². The van der Waals surface area contributed by atoms with Crippen molar-refractivity contribution in [3.05, 3.63) is 0 Å². The van der Waals surface area contributed by atoms with Gasteiger partial charge in [0.1, 0.15) is 0 Å². The maximum absolute atomic E-state index is 12.1. The molecule has 2 fully saturated rings. The van der Waals surface area contributed by atoms with Gasteiger partial charge in [0.15, 0.2) is 0 Å². The van der Waals surface area contributed by atoms with Gasteiger partial charge < -0.3 is 10.4 Å². The van der Waals surface area contributed by atoms with Crippen LogP contribution in [-0.2, 0) is 9.59 Å². The van der Waals surface area contributed by atoms with Crippen molar-refractivity contribution in [3.8, 4) is 0 Å². The zero-order chi connectivity index (χ0) is 14.5. The van der Waals surface area contributed by atoms with Crippen molar-refractivity contribution in [1.82, 2.24) is 5.32 Å². The first-order valence-electron chi connectivity index (χ1n) is 8.10. The third-order valence-corrected chi connectivity index (χ3v) is 5.26. The first-order chi connectivity index (χ1) is 9.60. The molecule has 0 spiro atoms. The molecule has 20 heavy (non-hydrogen) atoms. The second-order valence-corrected chi connectivity index (χ2v) is 6.59. The van der Waals surface area contributed by atoms with Crippen molar-refractivity contribution in [1.29, 1.82) is 0 Å². The molecule has 0 aromatic heterocycles. The number of aliphatic carboxylic acids is 1. The first kappa shape index (κ1) is 15.3. The Bertz CT molecular complexity index is 348. The summed E-state index contributed by atoms with van der Waals surface area (Å²) in [5.41, 5.74) is 0. The van der Waals surface area contributed by atoms with E-state index in [1.807, 2.05) is 0 Å². The van der Waals surface area contributed by atoms with Crippen LogP contribution in [0.25, 0.3) is 0 Å². The maximum atomic E-state index is 12.1. The van der Waals surface area contributed by atoms with Crippen LogP contribution in [0.5, 0.6) is 0 Å².